The Balaban J connectivity index is 0.000000200. The number of amides is 1. The van der Waals surface area contributed by atoms with Crippen LogP contribution in [0.5, 0.6) is 0 Å². The fourth-order valence-electron chi connectivity index (χ4n) is 9.65. The van der Waals surface area contributed by atoms with Crippen LogP contribution in [0.3, 0.4) is 0 Å². The van der Waals surface area contributed by atoms with Gasteiger partial charge in [0.2, 0.25) is 5.91 Å². The first kappa shape index (κ1) is 67.8. The Kier molecular flexibility index (Phi) is 22.3. The van der Waals surface area contributed by atoms with Crippen molar-refractivity contribution in [2.75, 3.05) is 39.6 Å². The van der Waals surface area contributed by atoms with E-state index in [2.05, 4.69) is 131 Å². The van der Waals surface area contributed by atoms with Crippen LogP contribution < -0.4 is 5.32 Å². The van der Waals surface area contributed by atoms with Gasteiger partial charge in [-0.3, -0.25) is 18.3 Å². The number of carbonyl (C=O) groups is 3. The summed E-state index contributed by atoms with van der Waals surface area (Å²) in [5, 5.41) is 2.82. The Morgan fingerprint density at radius 3 is 1.51 bits per heavy atom. The molecule has 0 spiro atoms. The van der Waals surface area contributed by atoms with E-state index in [0.717, 1.165) is 117 Å². The Morgan fingerprint density at radius 2 is 1.08 bits per heavy atom. The summed E-state index contributed by atoms with van der Waals surface area (Å²) < 4.78 is 118. The molecule has 2 aliphatic rings. The number of rotatable bonds is 20. The Hall–Kier alpha value is -5.66. The summed E-state index contributed by atoms with van der Waals surface area (Å²) >= 11 is -3.72. The van der Waals surface area contributed by atoms with Crippen molar-refractivity contribution in [1.29, 1.82) is 0 Å². The van der Waals surface area contributed by atoms with Crippen molar-refractivity contribution in [3.63, 3.8) is 0 Å². The van der Waals surface area contributed by atoms with Gasteiger partial charge in [0.25, 0.3) is 0 Å². The van der Waals surface area contributed by atoms with Gasteiger partial charge in [-0.1, -0.05) is 102 Å². The standard InChI is InChI=1S/C27H38N4O4Si.C27H36N4O3Si.2C2HF3O2.Hg/c1-7-23-24-26(29-17-22(30-24)16-28-19(2)32)31(18-33-14-15-36(4,5)6)25(23)20-8-10-21(11-9-20)27(3)34-12-13-35-27;1-7-23-24(20-8-10-21(11-9-20)27(3)33-12-13-34-27)30(18-32-14-15-35(4,5)6)26-25(23)31-19(2)28-16-22(31)17-29-26;2*3-2(4,5)1(6)7;/h8-11,17H,7,12-16,18H2,1-6H3,(H,28,32);8-11,16-17H,7,12-15,18H2,1-6H3;2*(H,6,7);/q;;;;+2/p-2. The summed E-state index contributed by atoms with van der Waals surface area (Å²) in [6.45, 7) is 31.1. The summed E-state index contributed by atoms with van der Waals surface area (Å²) in [4.78, 5) is 50.4. The summed E-state index contributed by atoms with van der Waals surface area (Å²) in [6, 6.07) is 19.1. The molecule has 0 aliphatic carbocycles. The molecule has 7 heterocycles. The molecule has 2 fully saturated rings. The summed E-state index contributed by atoms with van der Waals surface area (Å²) in [7, 11) is -2.38. The third kappa shape index (κ3) is 16.9. The Bertz CT molecular complexity index is 3450. The van der Waals surface area contributed by atoms with E-state index >= 15 is 0 Å². The van der Waals surface area contributed by atoms with Gasteiger partial charge in [0.1, 0.15) is 24.8 Å². The average molecular weight is 1430 g/mol. The first-order valence-corrected chi connectivity index (χ1v) is 40.1. The van der Waals surface area contributed by atoms with Crippen molar-refractivity contribution in [3.8, 4) is 22.5 Å². The number of halogens is 6. The zero-order valence-corrected chi connectivity index (χ0v) is 58.1. The topological polar surface area (TPSA) is 203 Å². The van der Waals surface area contributed by atoms with Gasteiger partial charge in [0, 0.05) is 58.5 Å². The van der Waals surface area contributed by atoms with Crippen molar-refractivity contribution < 1.29 is 99.9 Å². The molecule has 0 radical (unpaired) electrons. The molecule has 1 N–H and O–H groups in total. The molecule has 2 aliphatic heterocycles. The molecule has 86 heavy (non-hydrogen) atoms. The number of nitrogens with zero attached hydrogens (tertiary/aromatic N) is 7. The molecule has 0 atom stereocenters. The zero-order valence-electron chi connectivity index (χ0n) is 50.6. The second-order valence-electron chi connectivity index (χ2n) is 23.3. The van der Waals surface area contributed by atoms with Crippen LogP contribution in [0, 0.1) is 6.92 Å². The number of hydrogen-bond donors (Lipinski definition) is 1. The maximum atomic E-state index is 11.4. The maximum absolute atomic E-state index is 11.4. The molecule has 0 bridgehead atoms. The number of hydrogen-bond acceptors (Lipinski definition) is 15. The Morgan fingerprint density at radius 1 is 0.651 bits per heavy atom. The van der Waals surface area contributed by atoms with Gasteiger partial charge in [0.05, 0.1) is 79.7 Å². The quantitative estimate of drug-likeness (QED) is 0.0428. The third-order valence-corrected chi connectivity index (χ3v) is 20.6. The second-order valence-corrected chi connectivity index (χ2v) is 37.7. The van der Waals surface area contributed by atoms with Gasteiger partial charge in [-0.15, -0.1) is 0 Å². The van der Waals surface area contributed by atoms with Crippen molar-refractivity contribution in [2.45, 2.75) is 150 Å². The van der Waals surface area contributed by atoms with Crippen LogP contribution in [0.15, 0.2) is 67.1 Å². The van der Waals surface area contributed by atoms with Crippen molar-refractivity contribution in [1.82, 2.24) is 38.8 Å². The van der Waals surface area contributed by atoms with Crippen molar-refractivity contribution in [3.05, 3.63) is 101 Å². The van der Waals surface area contributed by atoms with E-state index in [-0.39, 0.29) is 5.91 Å². The molecule has 464 valence electrons. The van der Waals surface area contributed by atoms with Crippen LogP contribution in [0.2, 0.25) is 51.4 Å². The fraction of sp³-hybridized carbons (Fsp3) is 0.500. The van der Waals surface area contributed by atoms with Crippen LogP contribution in [0.4, 0.5) is 26.3 Å². The molecule has 2 saturated heterocycles. The van der Waals surface area contributed by atoms with Gasteiger partial charge in [-0.05, 0) is 56.8 Å². The molecule has 1 amide bonds. The molecule has 0 saturated carbocycles. The summed E-state index contributed by atoms with van der Waals surface area (Å²) in [6.07, 6.45) is -3.41. The van der Waals surface area contributed by atoms with E-state index in [9.17, 15) is 40.7 Å². The number of fused-ring (bicyclic) bond motifs is 4. The number of aryl methyl sites for hydroxylation is 3. The minimum atomic E-state index is -5.30. The van der Waals surface area contributed by atoms with Gasteiger partial charge < -0.3 is 33.7 Å². The number of ether oxygens (including phenoxy) is 6. The molecule has 9 rings (SSSR count). The summed E-state index contributed by atoms with van der Waals surface area (Å²) in [5.41, 5.74) is 14.2. The predicted molar refractivity (Wildman–Crippen MR) is 309 cm³/mol. The average Bonchev–Trinajstić information content (AvgIpc) is 1.73. The Labute approximate surface area is 510 Å². The number of benzene rings is 2. The van der Waals surface area contributed by atoms with Crippen molar-refractivity contribution in [2.24, 2.45) is 0 Å². The molecular weight excluding hydrogens is 1360 g/mol. The molecule has 28 heteroatoms. The monoisotopic (exact) mass is 1430 g/mol. The first-order chi connectivity index (χ1) is 40.4. The number of aromatic nitrogens is 7. The van der Waals surface area contributed by atoms with Gasteiger partial charge in [-0.25, -0.2) is 19.9 Å². The molecule has 2 aromatic carbocycles. The number of nitrogens with one attached hydrogen (secondary N) is 1. The van der Waals surface area contributed by atoms with Crippen LogP contribution in [-0.2, 0) is 118 Å². The van der Waals surface area contributed by atoms with Gasteiger partial charge >= 0.3 is 91.0 Å². The zero-order chi connectivity index (χ0) is 63.0. The van der Waals surface area contributed by atoms with E-state index in [0.29, 0.717) is 46.4 Å². The SMILES string of the molecule is CCc1c(-c2ccc(C3(C)OCCO3)cc2)n(COCC[Si](C)(C)C)c2ncc(CNC(C)=O)nc12.CCc1c(-c2ccc(C3(C)OCCO3)cc2)n(COCC[Si](C)(C)C)c2ncc3cnc(C)n3c12.O=C([O][Hg][O]C(=O)C(F)(F)F)C(F)(F)F. The number of alkyl halides is 6. The molecule has 0 unspecified atom stereocenters. The second kappa shape index (κ2) is 28.2. The summed E-state index contributed by atoms with van der Waals surface area (Å²) in [5.74, 6) is -5.82. The minimum absolute atomic E-state index is 0.0920. The van der Waals surface area contributed by atoms with Gasteiger partial charge in [0.15, 0.2) is 22.9 Å². The van der Waals surface area contributed by atoms with E-state index in [1.807, 2.05) is 33.2 Å². The fourth-order valence-corrected chi connectivity index (χ4v) is 13.5. The first-order valence-electron chi connectivity index (χ1n) is 28.2. The van der Waals surface area contributed by atoms with E-state index in [1.165, 1.54) is 12.5 Å². The van der Waals surface area contributed by atoms with E-state index in [4.69, 9.17) is 43.4 Å². The third-order valence-electron chi connectivity index (χ3n) is 14.3. The normalized spacial score (nSPS) is 15.0. The van der Waals surface area contributed by atoms with Crippen molar-refractivity contribution >= 4 is 61.8 Å². The van der Waals surface area contributed by atoms with Crippen LogP contribution in [-0.4, -0.2) is 119 Å². The van der Waals surface area contributed by atoms with Gasteiger partial charge in [-0.2, -0.15) is 0 Å². The molecule has 19 nitrogen and oxygen atoms in total. The molecular formula is C58H74F6HgN8O11Si2. The number of carbonyl (C=O) groups excluding carboxylic acids is 3. The van der Waals surface area contributed by atoms with Crippen LogP contribution in [0.25, 0.3) is 50.4 Å². The van der Waals surface area contributed by atoms with E-state index in [1.54, 1.807) is 6.20 Å². The van der Waals surface area contributed by atoms with E-state index < -0.39 is 77.5 Å². The molecule has 7 aromatic rings. The number of imidazole rings is 1. The molecule has 5 aromatic heterocycles. The predicted octanol–water partition coefficient (Wildman–Crippen LogP) is 11.7. The van der Waals surface area contributed by atoms with Crippen LogP contribution >= 0.6 is 0 Å². The van der Waals surface area contributed by atoms with Crippen LogP contribution in [0.1, 0.15) is 68.4 Å².